The molecule has 22 heavy (non-hydrogen) atoms. The fourth-order valence-electron chi connectivity index (χ4n) is 1.44. The molecule has 7 nitrogen and oxygen atoms in total. The van der Waals surface area contributed by atoms with E-state index in [9.17, 15) is 18.0 Å². The predicted molar refractivity (Wildman–Crippen MR) is 78.6 cm³/mol. The molecule has 126 valence electrons. The topological polar surface area (TPSA) is 129 Å². The Bertz CT molecular complexity index is 389. The molecule has 0 aromatic heterocycles. The quantitative estimate of drug-likeness (QED) is 0.208. The van der Waals surface area contributed by atoms with E-state index in [0.717, 1.165) is 6.42 Å². The smallest absolute Gasteiger partial charge is 0.481 e. The van der Waals surface area contributed by atoms with Gasteiger partial charge in [-0.15, -0.1) is 0 Å². The van der Waals surface area contributed by atoms with Crippen LogP contribution in [-0.4, -0.2) is 40.4 Å². The summed E-state index contributed by atoms with van der Waals surface area (Å²) in [6.45, 7) is 6.05. The molecule has 1 unspecified atom stereocenters. The number of hydrogen-bond donors (Lipinski definition) is 3. The second-order valence-corrected chi connectivity index (χ2v) is 6.16. The Labute approximate surface area is 154 Å². The van der Waals surface area contributed by atoms with Gasteiger partial charge in [0.15, 0.2) is 5.25 Å². The van der Waals surface area contributed by atoms with Crippen LogP contribution >= 0.6 is 0 Å². The van der Waals surface area contributed by atoms with Gasteiger partial charge in [0.05, 0.1) is 6.42 Å². The molecular formula is C13H25NaO7S. The molecule has 0 spiro atoms. The molecule has 0 aromatic carbocycles. The molecule has 0 aromatic rings. The molecule has 0 bridgehead atoms. The molecule has 0 radical (unpaired) electrons. The Balaban J connectivity index is -0.000000326. The number of hydrogen-bond acceptors (Lipinski definition) is 4. The first kappa shape index (κ1) is 26.7. The van der Waals surface area contributed by atoms with Crippen molar-refractivity contribution in [1.29, 1.82) is 0 Å². The molecule has 1 atom stereocenters. The summed E-state index contributed by atoms with van der Waals surface area (Å²) in [4.78, 5) is 20.0. The van der Waals surface area contributed by atoms with E-state index >= 15 is 0 Å². The second-order valence-electron chi connectivity index (χ2n) is 4.56. The van der Waals surface area contributed by atoms with Crippen molar-refractivity contribution in [2.45, 2.75) is 63.5 Å². The summed E-state index contributed by atoms with van der Waals surface area (Å²) in [5.41, 5.74) is 0. The molecule has 3 N–H and O–H groups in total. The van der Waals surface area contributed by atoms with Gasteiger partial charge in [0.1, 0.15) is 0 Å². The fraction of sp³-hybridized carbons (Fsp3) is 0.769. The monoisotopic (exact) mass is 348 g/mol. The maximum Gasteiger partial charge on any atom is 1.00 e. The van der Waals surface area contributed by atoms with Crippen molar-refractivity contribution in [3.8, 4) is 0 Å². The molecule has 0 aliphatic heterocycles. The van der Waals surface area contributed by atoms with E-state index in [1.165, 1.54) is 38.5 Å². The van der Waals surface area contributed by atoms with Gasteiger partial charge < -0.3 is 17.1 Å². The van der Waals surface area contributed by atoms with E-state index in [1.54, 1.807) is 0 Å². The number of unbranched alkanes of at least 4 members (excludes halogenated alkanes) is 6. The van der Waals surface area contributed by atoms with E-state index in [0.29, 0.717) is 0 Å². The van der Waals surface area contributed by atoms with Gasteiger partial charge in [-0.2, -0.15) is 14.8 Å². The van der Waals surface area contributed by atoms with Gasteiger partial charge in [0.2, 0.25) is 0 Å². The van der Waals surface area contributed by atoms with Crippen LogP contribution in [0.4, 0.5) is 0 Å². The Morgan fingerprint density at radius 1 is 1.05 bits per heavy atom. The Morgan fingerprint density at radius 2 is 1.50 bits per heavy atom. The van der Waals surface area contributed by atoms with E-state index < -0.39 is 33.7 Å². The number of rotatable bonds is 10. The summed E-state index contributed by atoms with van der Waals surface area (Å²) >= 11 is 0. The van der Waals surface area contributed by atoms with Gasteiger partial charge in [-0.1, -0.05) is 45.4 Å². The molecule has 0 saturated carbocycles. The van der Waals surface area contributed by atoms with Gasteiger partial charge >= 0.3 is 41.5 Å². The Hall–Kier alpha value is -0.150. The minimum atomic E-state index is -4.84. The third-order valence-electron chi connectivity index (χ3n) is 2.60. The van der Waals surface area contributed by atoms with E-state index in [-0.39, 0.29) is 29.6 Å². The molecule has 0 aliphatic carbocycles. The number of carbonyl (C=O) groups is 2. The minimum Gasteiger partial charge on any atom is -0.481 e. The SMILES string of the molecule is O=C(O)CC(C(=O)O)S(=O)(=O)O.[CH2-]CCCCCCCC.[Na+]. The largest absolute Gasteiger partial charge is 1.00 e. The first-order valence-electron chi connectivity index (χ1n) is 6.86. The molecule has 0 amide bonds. The van der Waals surface area contributed by atoms with Crippen molar-refractivity contribution < 1.29 is 62.3 Å². The molecule has 0 saturated heterocycles. The third-order valence-corrected chi connectivity index (χ3v) is 3.69. The maximum absolute atomic E-state index is 10.2. The van der Waals surface area contributed by atoms with Crippen LogP contribution in [0.5, 0.6) is 0 Å². The van der Waals surface area contributed by atoms with Crippen molar-refractivity contribution in [1.82, 2.24) is 0 Å². The van der Waals surface area contributed by atoms with Gasteiger partial charge in [0.25, 0.3) is 10.1 Å². The molecule has 0 heterocycles. The van der Waals surface area contributed by atoms with Crippen LogP contribution in [0.3, 0.4) is 0 Å². The standard InChI is InChI=1S/C9H19.C4H6O7S.Na/c1-3-5-7-9-8-6-4-2;5-3(6)1-2(4(7)8)12(9,10)11;/h1,3-9H2,2H3;2H,1H2,(H,5,6)(H,7,8)(H,9,10,11);/q-1;;+1. The van der Waals surface area contributed by atoms with Crippen molar-refractivity contribution in [2.24, 2.45) is 0 Å². The molecule has 9 heteroatoms. The van der Waals surface area contributed by atoms with Gasteiger partial charge in [-0.3, -0.25) is 14.1 Å². The molecule has 0 aliphatic rings. The van der Waals surface area contributed by atoms with Gasteiger partial charge in [-0.05, 0) is 0 Å². The minimum absolute atomic E-state index is 0. The van der Waals surface area contributed by atoms with Crippen LogP contribution in [0, 0.1) is 6.92 Å². The maximum atomic E-state index is 10.2. The van der Waals surface area contributed by atoms with Crippen molar-refractivity contribution in [2.75, 3.05) is 0 Å². The van der Waals surface area contributed by atoms with Crippen LogP contribution in [-0.2, 0) is 19.7 Å². The zero-order chi connectivity index (χ0) is 16.9. The fourth-order valence-corrected chi connectivity index (χ4v) is 2.04. The summed E-state index contributed by atoms with van der Waals surface area (Å²) in [6.07, 6.45) is 8.29. The van der Waals surface area contributed by atoms with Gasteiger partial charge in [-0.25, -0.2) is 0 Å². The number of carboxylic acid groups (broad SMARTS) is 2. The summed E-state index contributed by atoms with van der Waals surface area (Å²) in [6, 6.07) is 0. The van der Waals surface area contributed by atoms with Crippen LogP contribution in [0.2, 0.25) is 0 Å². The number of aliphatic carboxylic acids is 2. The Morgan fingerprint density at radius 3 is 1.77 bits per heavy atom. The summed E-state index contributed by atoms with van der Waals surface area (Å²) in [5, 5.41) is 13.9. The van der Waals surface area contributed by atoms with E-state index in [2.05, 4.69) is 13.8 Å². The average molecular weight is 348 g/mol. The molecule has 0 fully saturated rings. The first-order chi connectivity index (χ1) is 9.66. The zero-order valence-corrected chi connectivity index (χ0v) is 16.1. The molecular weight excluding hydrogens is 323 g/mol. The normalized spacial score (nSPS) is 11.6. The van der Waals surface area contributed by atoms with Crippen LogP contribution in [0.1, 0.15) is 58.3 Å². The first-order valence-corrected chi connectivity index (χ1v) is 8.37. The molecule has 0 rings (SSSR count). The summed E-state index contributed by atoms with van der Waals surface area (Å²) in [7, 11) is -4.84. The van der Waals surface area contributed by atoms with Gasteiger partial charge in [0, 0.05) is 0 Å². The summed E-state index contributed by atoms with van der Waals surface area (Å²) < 4.78 is 28.7. The van der Waals surface area contributed by atoms with Crippen LogP contribution < -0.4 is 29.6 Å². The average Bonchev–Trinajstić information content (AvgIpc) is 2.35. The van der Waals surface area contributed by atoms with E-state index in [4.69, 9.17) is 14.8 Å². The summed E-state index contributed by atoms with van der Waals surface area (Å²) in [5.74, 6) is -3.50. The third kappa shape index (κ3) is 17.9. The second kappa shape index (κ2) is 15.7. The Kier molecular flexibility index (Phi) is 19.1. The van der Waals surface area contributed by atoms with Crippen molar-refractivity contribution in [3.63, 3.8) is 0 Å². The van der Waals surface area contributed by atoms with Crippen LogP contribution in [0.25, 0.3) is 0 Å². The van der Waals surface area contributed by atoms with Crippen molar-refractivity contribution in [3.05, 3.63) is 6.92 Å². The van der Waals surface area contributed by atoms with E-state index in [1.807, 2.05) is 0 Å². The number of carboxylic acids is 2. The predicted octanol–water partition coefficient (Wildman–Crippen LogP) is -0.623. The van der Waals surface area contributed by atoms with Crippen molar-refractivity contribution >= 4 is 22.1 Å². The zero-order valence-electron chi connectivity index (χ0n) is 13.3. The van der Waals surface area contributed by atoms with Crippen LogP contribution in [0.15, 0.2) is 0 Å².